The molecule has 2 heterocycles. The maximum absolute atomic E-state index is 11.9. The van der Waals surface area contributed by atoms with Gasteiger partial charge in [0.05, 0.1) is 6.54 Å². The fourth-order valence-electron chi connectivity index (χ4n) is 2.27. The number of hydrogen-bond donors (Lipinski definition) is 1. The van der Waals surface area contributed by atoms with Gasteiger partial charge in [0.1, 0.15) is 6.10 Å². The Morgan fingerprint density at radius 1 is 1.50 bits per heavy atom. The Labute approximate surface area is 135 Å². The molecular weight excluding hydrogens is 306 g/mol. The molecule has 1 aromatic heterocycles. The third-order valence-corrected chi connectivity index (χ3v) is 3.60. The number of likely N-dealkylation sites (tertiary alicyclic amines) is 1. The summed E-state index contributed by atoms with van der Waals surface area (Å²) in [7, 11) is 3.81. The molecule has 1 atom stereocenters. The number of rotatable bonds is 5. The van der Waals surface area contributed by atoms with Crippen molar-refractivity contribution in [2.24, 2.45) is 0 Å². The summed E-state index contributed by atoms with van der Waals surface area (Å²) in [5.41, 5.74) is 0. The first-order chi connectivity index (χ1) is 10.6. The maximum atomic E-state index is 11.9. The second kappa shape index (κ2) is 8.03. The minimum absolute atomic E-state index is 0.0602. The summed E-state index contributed by atoms with van der Waals surface area (Å²) in [6, 6.07) is 3.56. The number of urea groups is 1. The van der Waals surface area contributed by atoms with Crippen molar-refractivity contribution >= 4 is 23.4 Å². The van der Waals surface area contributed by atoms with Crippen LogP contribution < -0.4 is 15.0 Å². The Bertz CT molecular complexity index is 483. The van der Waals surface area contributed by atoms with Crippen LogP contribution in [0.4, 0.5) is 10.6 Å². The van der Waals surface area contributed by atoms with E-state index >= 15 is 0 Å². The molecule has 1 aliphatic heterocycles. The van der Waals surface area contributed by atoms with Gasteiger partial charge in [-0.15, -0.1) is 21.8 Å². The Kier molecular flexibility index (Phi) is 6.06. The zero-order chi connectivity index (χ0) is 15.9. The predicted molar refractivity (Wildman–Crippen MR) is 85.7 cm³/mol. The van der Waals surface area contributed by atoms with Gasteiger partial charge in [-0.05, 0) is 18.9 Å². The number of anilines is 1. The minimum Gasteiger partial charge on any atom is -0.471 e. The van der Waals surface area contributed by atoms with Crippen molar-refractivity contribution in [3.05, 3.63) is 12.1 Å². The number of carbonyl (C=O) groups excluding carboxylic acids is 1. The average molecular weight is 328 g/mol. The quantitative estimate of drug-likeness (QED) is 0.826. The molecule has 2 amide bonds. The zero-order valence-corrected chi connectivity index (χ0v) is 13.7. The Hall–Kier alpha value is -1.76. The normalized spacial score (nSPS) is 18.0. The Morgan fingerprint density at radius 3 is 2.95 bits per heavy atom. The number of nitrogens with one attached hydrogen (secondary N) is 1. The molecule has 1 aliphatic rings. The lowest BCUT2D eigenvalue weighted by Crippen LogP contribution is -2.49. The topological polar surface area (TPSA) is 70.6 Å². The van der Waals surface area contributed by atoms with E-state index in [0.29, 0.717) is 24.8 Å². The molecule has 0 aliphatic carbocycles. The summed E-state index contributed by atoms with van der Waals surface area (Å²) in [4.78, 5) is 15.6. The molecule has 22 heavy (non-hydrogen) atoms. The fraction of sp³-hybridized carbons (Fsp3) is 0.643. The number of alkyl halides is 1. The van der Waals surface area contributed by atoms with E-state index in [0.717, 1.165) is 25.2 Å². The molecule has 1 saturated heterocycles. The zero-order valence-electron chi connectivity index (χ0n) is 13.0. The summed E-state index contributed by atoms with van der Waals surface area (Å²) in [6.07, 6.45) is 1.74. The van der Waals surface area contributed by atoms with Crippen LogP contribution >= 0.6 is 11.6 Å². The average Bonchev–Trinajstić information content (AvgIpc) is 2.53. The SMILES string of the molecule is CN(C)c1ccc(OC2CCCN(C(=O)NCCCl)C2)nn1. The maximum Gasteiger partial charge on any atom is 0.317 e. The van der Waals surface area contributed by atoms with E-state index in [1.54, 1.807) is 11.0 Å². The number of hydrogen-bond acceptors (Lipinski definition) is 5. The van der Waals surface area contributed by atoms with Crippen LogP contribution in [0.1, 0.15) is 12.8 Å². The molecule has 122 valence electrons. The highest BCUT2D eigenvalue weighted by atomic mass is 35.5. The van der Waals surface area contributed by atoms with E-state index in [1.165, 1.54) is 0 Å². The first-order valence-corrected chi connectivity index (χ1v) is 7.90. The third kappa shape index (κ3) is 4.62. The smallest absolute Gasteiger partial charge is 0.317 e. The van der Waals surface area contributed by atoms with E-state index in [-0.39, 0.29) is 12.1 Å². The highest BCUT2D eigenvalue weighted by Gasteiger charge is 2.25. The van der Waals surface area contributed by atoms with Crippen molar-refractivity contribution in [2.75, 3.05) is 44.5 Å². The second-order valence-corrected chi connectivity index (χ2v) is 5.75. The van der Waals surface area contributed by atoms with Crippen molar-refractivity contribution in [1.29, 1.82) is 0 Å². The van der Waals surface area contributed by atoms with Gasteiger partial charge < -0.3 is 19.9 Å². The molecule has 0 saturated carbocycles. The first kappa shape index (κ1) is 16.6. The highest BCUT2D eigenvalue weighted by molar-refractivity contribution is 6.18. The van der Waals surface area contributed by atoms with Crippen LogP contribution in [0.15, 0.2) is 12.1 Å². The van der Waals surface area contributed by atoms with Gasteiger partial charge in [-0.25, -0.2) is 4.79 Å². The Balaban J connectivity index is 1.88. The lowest BCUT2D eigenvalue weighted by molar-refractivity contribution is 0.0973. The molecule has 8 heteroatoms. The molecule has 0 bridgehead atoms. The van der Waals surface area contributed by atoms with Crippen LogP contribution in [0, 0.1) is 0 Å². The highest BCUT2D eigenvalue weighted by Crippen LogP contribution is 2.17. The summed E-state index contributed by atoms with van der Waals surface area (Å²) < 4.78 is 5.84. The van der Waals surface area contributed by atoms with Crippen LogP contribution in [0.5, 0.6) is 5.88 Å². The van der Waals surface area contributed by atoms with Crippen LogP contribution in [0.25, 0.3) is 0 Å². The summed E-state index contributed by atoms with van der Waals surface area (Å²) in [5, 5.41) is 10.9. The molecule has 0 spiro atoms. The van der Waals surface area contributed by atoms with E-state index in [4.69, 9.17) is 16.3 Å². The lowest BCUT2D eigenvalue weighted by Gasteiger charge is -2.32. The number of amides is 2. The van der Waals surface area contributed by atoms with Crippen molar-refractivity contribution in [3.63, 3.8) is 0 Å². The van der Waals surface area contributed by atoms with Gasteiger partial charge in [-0.2, -0.15) is 0 Å². The van der Waals surface area contributed by atoms with E-state index in [1.807, 2.05) is 25.1 Å². The monoisotopic (exact) mass is 327 g/mol. The molecule has 7 nitrogen and oxygen atoms in total. The van der Waals surface area contributed by atoms with E-state index in [2.05, 4.69) is 15.5 Å². The van der Waals surface area contributed by atoms with Crippen molar-refractivity contribution in [1.82, 2.24) is 20.4 Å². The van der Waals surface area contributed by atoms with Crippen LogP contribution in [-0.2, 0) is 0 Å². The Morgan fingerprint density at radius 2 is 2.32 bits per heavy atom. The number of halogens is 1. The third-order valence-electron chi connectivity index (χ3n) is 3.41. The number of ether oxygens (including phenoxy) is 1. The van der Waals surface area contributed by atoms with Gasteiger partial charge in [0, 0.05) is 39.1 Å². The molecule has 0 radical (unpaired) electrons. The van der Waals surface area contributed by atoms with Crippen molar-refractivity contribution < 1.29 is 9.53 Å². The minimum atomic E-state index is -0.0945. The van der Waals surface area contributed by atoms with Crippen molar-refractivity contribution in [3.8, 4) is 5.88 Å². The van der Waals surface area contributed by atoms with E-state index in [9.17, 15) is 4.79 Å². The lowest BCUT2D eigenvalue weighted by atomic mass is 10.1. The van der Waals surface area contributed by atoms with Crippen LogP contribution in [0.3, 0.4) is 0 Å². The van der Waals surface area contributed by atoms with Crippen molar-refractivity contribution in [2.45, 2.75) is 18.9 Å². The van der Waals surface area contributed by atoms with Gasteiger partial charge in [0.15, 0.2) is 5.82 Å². The molecule has 0 aromatic carbocycles. The fourth-order valence-corrected chi connectivity index (χ4v) is 2.36. The molecule has 1 unspecified atom stereocenters. The largest absolute Gasteiger partial charge is 0.471 e. The molecule has 2 rings (SSSR count). The van der Waals surface area contributed by atoms with Gasteiger partial charge in [-0.1, -0.05) is 0 Å². The molecule has 1 fully saturated rings. The number of nitrogens with zero attached hydrogens (tertiary/aromatic N) is 4. The molecule has 1 aromatic rings. The van der Waals surface area contributed by atoms with Gasteiger partial charge in [-0.3, -0.25) is 0 Å². The van der Waals surface area contributed by atoms with Crippen LogP contribution in [0.2, 0.25) is 0 Å². The van der Waals surface area contributed by atoms with Gasteiger partial charge in [0.2, 0.25) is 5.88 Å². The van der Waals surface area contributed by atoms with Gasteiger partial charge in [0.25, 0.3) is 0 Å². The molecule has 1 N–H and O–H groups in total. The van der Waals surface area contributed by atoms with E-state index < -0.39 is 0 Å². The number of carbonyl (C=O) groups is 1. The first-order valence-electron chi connectivity index (χ1n) is 7.36. The number of aromatic nitrogens is 2. The number of piperidine rings is 1. The van der Waals surface area contributed by atoms with Crippen LogP contribution in [-0.4, -0.2) is 66.8 Å². The molecular formula is C14H22ClN5O2. The summed E-state index contributed by atoms with van der Waals surface area (Å²) in [5.74, 6) is 1.67. The van der Waals surface area contributed by atoms with Gasteiger partial charge >= 0.3 is 6.03 Å². The summed E-state index contributed by atoms with van der Waals surface area (Å²) in [6.45, 7) is 1.75. The standard InChI is InChI=1S/C14H22ClN5O2/c1-19(2)12-5-6-13(18-17-12)22-11-4-3-9-20(10-11)14(21)16-8-7-15/h5-6,11H,3-4,7-10H2,1-2H3,(H,16,21). The predicted octanol–water partition coefficient (Wildman–Crippen LogP) is 1.33. The summed E-state index contributed by atoms with van der Waals surface area (Å²) >= 11 is 5.58. The second-order valence-electron chi connectivity index (χ2n) is 5.37.